The van der Waals surface area contributed by atoms with Crippen molar-refractivity contribution in [2.45, 2.75) is 24.8 Å². The van der Waals surface area contributed by atoms with Gasteiger partial charge in [0.25, 0.3) is 15.9 Å². The maximum atomic E-state index is 12.8. The minimum Gasteiger partial charge on any atom is -0.345 e. The van der Waals surface area contributed by atoms with E-state index in [1.807, 2.05) is 38.1 Å². The molecule has 2 N–H and O–H groups in total. The third kappa shape index (κ3) is 4.58. The summed E-state index contributed by atoms with van der Waals surface area (Å²) in [7, 11) is -3.78. The monoisotopic (exact) mass is 394 g/mol. The van der Waals surface area contributed by atoms with Gasteiger partial charge in [-0.3, -0.25) is 9.52 Å². The van der Waals surface area contributed by atoms with Crippen LogP contribution in [0.15, 0.2) is 83.8 Å². The molecule has 5 nitrogen and oxygen atoms in total. The lowest BCUT2D eigenvalue weighted by Gasteiger charge is -2.17. The summed E-state index contributed by atoms with van der Waals surface area (Å²) in [6, 6.07) is 22.3. The van der Waals surface area contributed by atoms with Crippen LogP contribution in [0, 0.1) is 6.92 Å². The maximum Gasteiger partial charge on any atom is 0.261 e. The first-order valence-electron chi connectivity index (χ1n) is 8.91. The van der Waals surface area contributed by atoms with Gasteiger partial charge < -0.3 is 5.32 Å². The predicted molar refractivity (Wildman–Crippen MR) is 111 cm³/mol. The molecule has 0 fully saturated rings. The molecule has 3 aromatic rings. The van der Waals surface area contributed by atoms with Gasteiger partial charge in [-0.2, -0.15) is 0 Å². The van der Waals surface area contributed by atoms with Crippen molar-refractivity contribution >= 4 is 21.6 Å². The molecule has 1 amide bonds. The second kappa shape index (κ2) is 8.27. The Kier molecular flexibility index (Phi) is 5.80. The SMILES string of the molecule is Cc1ccc(C(C)NC(=O)c2ccccc2NS(=O)(=O)c2ccccc2)cc1. The number of aryl methyl sites for hydroxylation is 1. The van der Waals surface area contributed by atoms with Gasteiger partial charge in [0.15, 0.2) is 0 Å². The number of sulfonamides is 1. The van der Waals surface area contributed by atoms with E-state index in [2.05, 4.69) is 10.0 Å². The minimum atomic E-state index is -3.78. The first kappa shape index (κ1) is 19.6. The summed E-state index contributed by atoms with van der Waals surface area (Å²) in [4.78, 5) is 12.9. The van der Waals surface area contributed by atoms with Crippen LogP contribution in [0.3, 0.4) is 0 Å². The third-order valence-corrected chi connectivity index (χ3v) is 5.78. The van der Waals surface area contributed by atoms with Gasteiger partial charge in [-0.05, 0) is 43.7 Å². The molecule has 0 saturated carbocycles. The van der Waals surface area contributed by atoms with E-state index in [4.69, 9.17) is 0 Å². The molecule has 144 valence electrons. The smallest absolute Gasteiger partial charge is 0.261 e. The fourth-order valence-corrected chi connectivity index (χ4v) is 3.89. The van der Waals surface area contributed by atoms with Crippen molar-refractivity contribution in [3.05, 3.63) is 95.6 Å². The fourth-order valence-electron chi connectivity index (χ4n) is 2.79. The van der Waals surface area contributed by atoms with Crippen molar-refractivity contribution in [3.63, 3.8) is 0 Å². The average Bonchev–Trinajstić information content (AvgIpc) is 2.69. The van der Waals surface area contributed by atoms with Crippen LogP contribution in [0.5, 0.6) is 0 Å². The highest BCUT2D eigenvalue weighted by Crippen LogP contribution is 2.21. The van der Waals surface area contributed by atoms with Gasteiger partial charge in [0, 0.05) is 0 Å². The first-order chi connectivity index (χ1) is 13.4. The van der Waals surface area contributed by atoms with E-state index in [-0.39, 0.29) is 28.1 Å². The maximum absolute atomic E-state index is 12.8. The number of anilines is 1. The lowest BCUT2D eigenvalue weighted by Crippen LogP contribution is -2.28. The van der Waals surface area contributed by atoms with E-state index in [0.29, 0.717) is 0 Å². The number of para-hydroxylation sites is 1. The second-order valence-corrected chi connectivity index (χ2v) is 8.25. The Morgan fingerprint density at radius 3 is 2.14 bits per heavy atom. The van der Waals surface area contributed by atoms with Gasteiger partial charge in [-0.15, -0.1) is 0 Å². The van der Waals surface area contributed by atoms with E-state index in [1.54, 1.807) is 42.5 Å². The Morgan fingerprint density at radius 2 is 1.46 bits per heavy atom. The van der Waals surface area contributed by atoms with Gasteiger partial charge in [0.1, 0.15) is 0 Å². The highest BCUT2D eigenvalue weighted by Gasteiger charge is 2.19. The Balaban J connectivity index is 1.81. The molecule has 0 bridgehead atoms. The molecule has 0 heterocycles. The highest BCUT2D eigenvalue weighted by atomic mass is 32.2. The Labute approximate surface area is 165 Å². The molecule has 1 atom stereocenters. The average molecular weight is 394 g/mol. The van der Waals surface area contributed by atoms with Crippen LogP contribution in [0.2, 0.25) is 0 Å². The van der Waals surface area contributed by atoms with Crippen LogP contribution in [-0.2, 0) is 10.0 Å². The quantitative estimate of drug-likeness (QED) is 0.655. The predicted octanol–water partition coefficient (Wildman–Crippen LogP) is 4.29. The number of carbonyl (C=O) groups excluding carboxylic acids is 1. The van der Waals surface area contributed by atoms with Crippen molar-refractivity contribution in [3.8, 4) is 0 Å². The number of nitrogens with one attached hydrogen (secondary N) is 2. The number of carbonyl (C=O) groups is 1. The van der Waals surface area contributed by atoms with Crippen LogP contribution in [0.25, 0.3) is 0 Å². The molecular weight excluding hydrogens is 372 g/mol. The molecule has 0 spiro atoms. The summed E-state index contributed by atoms with van der Waals surface area (Å²) >= 11 is 0. The molecule has 0 aliphatic rings. The standard InChI is InChI=1S/C22H22N2O3S/c1-16-12-14-18(15-13-16)17(2)23-22(25)20-10-6-7-11-21(20)24-28(26,27)19-8-4-3-5-9-19/h3-15,17,24H,1-2H3,(H,23,25). The Morgan fingerprint density at radius 1 is 0.857 bits per heavy atom. The van der Waals surface area contributed by atoms with Crippen molar-refractivity contribution < 1.29 is 13.2 Å². The highest BCUT2D eigenvalue weighted by molar-refractivity contribution is 7.92. The third-order valence-electron chi connectivity index (χ3n) is 4.39. The first-order valence-corrected chi connectivity index (χ1v) is 10.4. The van der Waals surface area contributed by atoms with Crippen LogP contribution in [0.1, 0.15) is 34.5 Å². The van der Waals surface area contributed by atoms with Gasteiger partial charge >= 0.3 is 0 Å². The zero-order valence-corrected chi connectivity index (χ0v) is 16.5. The second-order valence-electron chi connectivity index (χ2n) is 6.57. The number of amides is 1. The number of benzene rings is 3. The van der Waals surface area contributed by atoms with Crippen LogP contribution in [0.4, 0.5) is 5.69 Å². The zero-order valence-electron chi connectivity index (χ0n) is 15.7. The molecule has 3 aromatic carbocycles. The van der Waals surface area contributed by atoms with Crippen LogP contribution in [-0.4, -0.2) is 14.3 Å². The van der Waals surface area contributed by atoms with Crippen molar-refractivity contribution in [2.24, 2.45) is 0 Å². The summed E-state index contributed by atoms with van der Waals surface area (Å²) < 4.78 is 27.7. The minimum absolute atomic E-state index is 0.137. The molecule has 6 heteroatoms. The number of hydrogen-bond donors (Lipinski definition) is 2. The topological polar surface area (TPSA) is 75.3 Å². The van der Waals surface area contributed by atoms with Gasteiger partial charge in [-0.1, -0.05) is 60.2 Å². The summed E-state index contributed by atoms with van der Waals surface area (Å²) in [5, 5.41) is 2.92. The van der Waals surface area contributed by atoms with E-state index < -0.39 is 10.0 Å². The molecule has 1 unspecified atom stereocenters. The van der Waals surface area contributed by atoms with Crippen LogP contribution < -0.4 is 10.0 Å². The molecule has 0 aliphatic carbocycles. The Hall–Kier alpha value is -3.12. The van der Waals surface area contributed by atoms with Crippen molar-refractivity contribution in [1.29, 1.82) is 0 Å². The van der Waals surface area contributed by atoms with Crippen molar-refractivity contribution in [2.75, 3.05) is 4.72 Å². The molecule has 3 rings (SSSR count). The molecule has 0 radical (unpaired) electrons. The molecule has 0 aromatic heterocycles. The van der Waals surface area contributed by atoms with E-state index in [1.165, 1.54) is 12.1 Å². The van der Waals surface area contributed by atoms with Gasteiger partial charge in [0.2, 0.25) is 0 Å². The number of hydrogen-bond acceptors (Lipinski definition) is 3. The van der Waals surface area contributed by atoms with Crippen molar-refractivity contribution in [1.82, 2.24) is 5.32 Å². The van der Waals surface area contributed by atoms with Gasteiger partial charge in [-0.25, -0.2) is 8.42 Å². The molecule has 0 saturated heterocycles. The van der Waals surface area contributed by atoms with Gasteiger partial charge in [0.05, 0.1) is 22.2 Å². The molecule has 28 heavy (non-hydrogen) atoms. The normalized spacial score (nSPS) is 12.2. The fraction of sp³-hybridized carbons (Fsp3) is 0.136. The lowest BCUT2D eigenvalue weighted by atomic mass is 10.1. The molecular formula is C22H22N2O3S. The summed E-state index contributed by atoms with van der Waals surface area (Å²) in [5.74, 6) is -0.348. The summed E-state index contributed by atoms with van der Waals surface area (Å²) in [6.45, 7) is 3.89. The molecule has 0 aliphatic heterocycles. The zero-order chi connectivity index (χ0) is 20.1. The lowest BCUT2D eigenvalue weighted by molar-refractivity contribution is 0.0941. The van der Waals surface area contributed by atoms with Crippen LogP contribution >= 0.6 is 0 Å². The van der Waals surface area contributed by atoms with E-state index in [9.17, 15) is 13.2 Å². The van der Waals surface area contributed by atoms with E-state index >= 15 is 0 Å². The van der Waals surface area contributed by atoms with E-state index in [0.717, 1.165) is 11.1 Å². The number of rotatable bonds is 6. The summed E-state index contributed by atoms with van der Waals surface area (Å²) in [6.07, 6.45) is 0. The Bertz CT molecular complexity index is 1060. The summed E-state index contributed by atoms with van der Waals surface area (Å²) in [5.41, 5.74) is 2.62. The largest absolute Gasteiger partial charge is 0.345 e.